The molecular formula is C29H39N3O4. The first-order valence-electron chi connectivity index (χ1n) is 13.4. The molecule has 7 heteroatoms. The van der Waals surface area contributed by atoms with Gasteiger partial charge in [-0.2, -0.15) is 0 Å². The van der Waals surface area contributed by atoms with Crippen LogP contribution < -0.4 is 5.32 Å². The molecule has 1 amide bonds. The molecule has 36 heavy (non-hydrogen) atoms. The monoisotopic (exact) mass is 493 g/mol. The fourth-order valence-corrected chi connectivity index (χ4v) is 5.87. The Morgan fingerprint density at radius 1 is 0.917 bits per heavy atom. The van der Waals surface area contributed by atoms with Crippen LogP contribution in [0.5, 0.6) is 0 Å². The highest BCUT2D eigenvalue weighted by molar-refractivity contribution is 5.76. The molecule has 3 saturated heterocycles. The molecule has 0 bridgehead atoms. The van der Waals surface area contributed by atoms with E-state index in [-0.39, 0.29) is 30.2 Å². The van der Waals surface area contributed by atoms with E-state index in [9.17, 15) is 9.90 Å². The third-order valence-electron chi connectivity index (χ3n) is 7.62. The molecule has 0 unspecified atom stereocenters. The summed E-state index contributed by atoms with van der Waals surface area (Å²) in [6, 6.07) is 21.2. The first kappa shape index (κ1) is 25.4. The zero-order chi connectivity index (χ0) is 24.7. The van der Waals surface area contributed by atoms with Gasteiger partial charge < -0.3 is 19.9 Å². The normalized spacial score (nSPS) is 29.8. The van der Waals surface area contributed by atoms with E-state index in [0.29, 0.717) is 26.2 Å². The fourth-order valence-electron chi connectivity index (χ4n) is 5.87. The van der Waals surface area contributed by atoms with Crippen LogP contribution in [0.3, 0.4) is 0 Å². The van der Waals surface area contributed by atoms with Crippen LogP contribution in [0, 0.1) is 0 Å². The molecule has 0 radical (unpaired) electrons. The number of rotatable bonds is 7. The minimum Gasteiger partial charge on any atom is -0.389 e. The lowest BCUT2D eigenvalue weighted by atomic mass is 9.94. The predicted octanol–water partition coefficient (Wildman–Crippen LogP) is 2.58. The average molecular weight is 494 g/mol. The maximum Gasteiger partial charge on any atom is 0.222 e. The second-order valence-electron chi connectivity index (χ2n) is 10.5. The third-order valence-corrected chi connectivity index (χ3v) is 7.62. The van der Waals surface area contributed by atoms with Gasteiger partial charge in [-0.1, -0.05) is 60.7 Å². The van der Waals surface area contributed by atoms with Crippen LogP contribution in [0.2, 0.25) is 0 Å². The number of nitrogens with zero attached hydrogens (tertiary/aromatic N) is 2. The van der Waals surface area contributed by atoms with Crippen molar-refractivity contribution in [3.63, 3.8) is 0 Å². The van der Waals surface area contributed by atoms with Gasteiger partial charge in [-0.05, 0) is 30.4 Å². The summed E-state index contributed by atoms with van der Waals surface area (Å²) in [4.78, 5) is 17.6. The lowest BCUT2D eigenvalue weighted by molar-refractivity contribution is -0.158. The summed E-state index contributed by atoms with van der Waals surface area (Å²) in [6.45, 7) is 4.91. The summed E-state index contributed by atoms with van der Waals surface area (Å²) in [5.41, 5.74) is 2.54. The van der Waals surface area contributed by atoms with E-state index in [4.69, 9.17) is 9.47 Å². The molecule has 3 heterocycles. The Balaban J connectivity index is 1.11. The summed E-state index contributed by atoms with van der Waals surface area (Å²) >= 11 is 0. The molecule has 7 nitrogen and oxygen atoms in total. The molecule has 2 N–H and O–H groups in total. The van der Waals surface area contributed by atoms with Gasteiger partial charge in [0.05, 0.1) is 37.9 Å². The number of likely N-dealkylation sites (tertiary alicyclic amines) is 1. The molecule has 0 spiro atoms. The second kappa shape index (κ2) is 12.3. The van der Waals surface area contributed by atoms with Gasteiger partial charge in [0.15, 0.2) is 0 Å². The molecule has 3 aliphatic heterocycles. The lowest BCUT2D eigenvalue weighted by Gasteiger charge is -2.44. The Kier molecular flexibility index (Phi) is 8.67. The van der Waals surface area contributed by atoms with Gasteiger partial charge in [0.2, 0.25) is 5.91 Å². The Hall–Kier alpha value is -2.29. The summed E-state index contributed by atoms with van der Waals surface area (Å²) in [7, 11) is 0. The van der Waals surface area contributed by atoms with E-state index in [0.717, 1.165) is 45.4 Å². The van der Waals surface area contributed by atoms with E-state index in [1.165, 1.54) is 11.1 Å². The molecule has 194 valence electrons. The average Bonchev–Trinajstić information content (AvgIpc) is 3.30. The van der Waals surface area contributed by atoms with Gasteiger partial charge in [0.1, 0.15) is 0 Å². The van der Waals surface area contributed by atoms with Gasteiger partial charge in [-0.15, -0.1) is 0 Å². The number of hydrogen-bond donors (Lipinski definition) is 2. The summed E-state index contributed by atoms with van der Waals surface area (Å²) in [6.07, 6.45) is 2.44. The number of aliphatic hydroxyl groups is 1. The molecule has 0 saturated carbocycles. The molecule has 3 aliphatic rings. The van der Waals surface area contributed by atoms with Crippen LogP contribution in [0.15, 0.2) is 60.7 Å². The van der Waals surface area contributed by atoms with E-state index in [2.05, 4.69) is 51.5 Å². The number of hydrogen-bond acceptors (Lipinski definition) is 6. The van der Waals surface area contributed by atoms with Crippen molar-refractivity contribution in [3.05, 3.63) is 71.8 Å². The molecule has 2 aromatic carbocycles. The largest absolute Gasteiger partial charge is 0.389 e. The van der Waals surface area contributed by atoms with E-state index in [1.54, 1.807) is 0 Å². The van der Waals surface area contributed by atoms with Crippen molar-refractivity contribution in [1.82, 2.24) is 15.1 Å². The van der Waals surface area contributed by atoms with Crippen LogP contribution in [-0.2, 0) is 27.4 Å². The number of nitrogens with one attached hydrogen (secondary N) is 1. The van der Waals surface area contributed by atoms with Crippen molar-refractivity contribution in [1.29, 1.82) is 0 Å². The second-order valence-corrected chi connectivity index (χ2v) is 10.5. The Bertz CT molecular complexity index is 960. The summed E-state index contributed by atoms with van der Waals surface area (Å²) in [5.74, 6) is 0.0772. The first-order valence-corrected chi connectivity index (χ1v) is 13.4. The standard InChI is InChI=1S/C29H39N3O4/c33-25-19-32(17-23-9-5-2-6-10-23)27-12-11-26(36-28(27)21-35-20-25)15-29(34)30-24-13-14-31(18-24)16-22-7-3-1-4-8-22/h1-10,24-28,33H,11-21H2,(H,30,34)/t24-,25-,26+,27-,28+/m1/s1. The Morgan fingerprint density at radius 3 is 2.39 bits per heavy atom. The SMILES string of the molecule is O=C(C[C@@H]1CC[C@@H]2[C@H](COC[C@H](O)CN2Cc2ccccc2)O1)N[C@@H]1CCN(Cc2ccccc2)C1. The molecule has 0 aliphatic carbocycles. The van der Waals surface area contributed by atoms with Gasteiger partial charge in [-0.3, -0.25) is 14.6 Å². The quantitative estimate of drug-likeness (QED) is 0.618. The molecule has 5 rings (SSSR count). The first-order chi connectivity index (χ1) is 17.6. The molecule has 2 aromatic rings. The molecule has 3 fully saturated rings. The van der Waals surface area contributed by atoms with Crippen molar-refractivity contribution >= 4 is 5.91 Å². The maximum absolute atomic E-state index is 12.9. The van der Waals surface area contributed by atoms with E-state index < -0.39 is 6.10 Å². The van der Waals surface area contributed by atoms with Crippen LogP contribution in [-0.4, -0.2) is 84.1 Å². The minimum atomic E-state index is -0.508. The highest BCUT2D eigenvalue weighted by atomic mass is 16.5. The summed E-state index contributed by atoms with van der Waals surface area (Å²) < 4.78 is 12.2. The highest BCUT2D eigenvalue weighted by Crippen LogP contribution is 2.29. The van der Waals surface area contributed by atoms with Gasteiger partial charge in [0.25, 0.3) is 0 Å². The smallest absolute Gasteiger partial charge is 0.222 e. The Morgan fingerprint density at radius 2 is 1.64 bits per heavy atom. The highest BCUT2D eigenvalue weighted by Gasteiger charge is 2.38. The number of fused-ring (bicyclic) bond motifs is 1. The Labute approximate surface area is 214 Å². The maximum atomic E-state index is 12.9. The van der Waals surface area contributed by atoms with Crippen LogP contribution >= 0.6 is 0 Å². The van der Waals surface area contributed by atoms with Crippen LogP contribution in [0.4, 0.5) is 0 Å². The zero-order valence-corrected chi connectivity index (χ0v) is 21.0. The number of aliphatic hydroxyl groups excluding tert-OH is 1. The van der Waals surface area contributed by atoms with Crippen molar-refractivity contribution < 1.29 is 19.4 Å². The number of β-amino-alcohol motifs (C(OH)–C–C–N with tert-alkyl or cyclic N) is 1. The molecule has 0 aromatic heterocycles. The summed E-state index contributed by atoms with van der Waals surface area (Å²) in [5, 5.41) is 13.6. The van der Waals surface area contributed by atoms with Crippen molar-refractivity contribution in [2.75, 3.05) is 32.8 Å². The number of carbonyl (C=O) groups excluding carboxylic acids is 1. The molecule has 5 atom stereocenters. The van der Waals surface area contributed by atoms with Crippen LogP contribution in [0.1, 0.15) is 36.8 Å². The van der Waals surface area contributed by atoms with Crippen molar-refractivity contribution in [2.45, 2.75) is 69.2 Å². The number of amides is 1. The fraction of sp³-hybridized carbons (Fsp3) is 0.552. The topological polar surface area (TPSA) is 74.3 Å². The van der Waals surface area contributed by atoms with Gasteiger partial charge in [0, 0.05) is 44.8 Å². The van der Waals surface area contributed by atoms with E-state index >= 15 is 0 Å². The van der Waals surface area contributed by atoms with Crippen molar-refractivity contribution in [3.8, 4) is 0 Å². The minimum absolute atomic E-state index is 0.0772. The third kappa shape index (κ3) is 6.93. The zero-order valence-electron chi connectivity index (χ0n) is 21.0. The van der Waals surface area contributed by atoms with Gasteiger partial charge in [-0.25, -0.2) is 0 Å². The van der Waals surface area contributed by atoms with Crippen LogP contribution in [0.25, 0.3) is 0 Å². The van der Waals surface area contributed by atoms with Crippen molar-refractivity contribution in [2.24, 2.45) is 0 Å². The lowest BCUT2D eigenvalue weighted by Crippen LogP contribution is -2.55. The number of benzene rings is 2. The van der Waals surface area contributed by atoms with Gasteiger partial charge >= 0.3 is 0 Å². The van der Waals surface area contributed by atoms with E-state index in [1.807, 2.05) is 24.3 Å². The number of carbonyl (C=O) groups is 1. The molecular weight excluding hydrogens is 454 g/mol. The number of ether oxygens (including phenoxy) is 2. The predicted molar refractivity (Wildman–Crippen MR) is 138 cm³/mol.